The summed E-state index contributed by atoms with van der Waals surface area (Å²) in [5.41, 5.74) is 3.63. The average molecular weight is 545 g/mol. The molecule has 0 aliphatic carbocycles. The van der Waals surface area contributed by atoms with Crippen LogP contribution in [0.15, 0.2) is 60.9 Å². The van der Waals surface area contributed by atoms with Crippen molar-refractivity contribution >= 4 is 11.9 Å². The minimum atomic E-state index is -0.306. The van der Waals surface area contributed by atoms with Crippen molar-refractivity contribution in [2.75, 3.05) is 0 Å². The van der Waals surface area contributed by atoms with Crippen molar-refractivity contribution in [1.29, 1.82) is 0 Å². The van der Waals surface area contributed by atoms with Gasteiger partial charge in [-0.25, -0.2) is 19.6 Å². The van der Waals surface area contributed by atoms with Gasteiger partial charge in [0, 0.05) is 23.5 Å². The molecule has 0 bridgehead atoms. The number of ether oxygens (including phenoxy) is 2. The fourth-order valence-corrected chi connectivity index (χ4v) is 4.52. The Hall–Kier alpha value is -3.54. The van der Waals surface area contributed by atoms with Crippen LogP contribution in [-0.2, 0) is 9.47 Å². The van der Waals surface area contributed by atoms with Gasteiger partial charge in [0.1, 0.15) is 0 Å². The Morgan fingerprint density at radius 3 is 1.45 bits per heavy atom. The van der Waals surface area contributed by atoms with Gasteiger partial charge in [-0.15, -0.1) is 0 Å². The zero-order chi connectivity index (χ0) is 28.7. The highest BCUT2D eigenvalue weighted by Gasteiger charge is 2.14. The van der Waals surface area contributed by atoms with Crippen LogP contribution >= 0.6 is 0 Å². The minimum Gasteiger partial charge on any atom is -0.459 e. The van der Waals surface area contributed by atoms with Gasteiger partial charge in [0.2, 0.25) is 0 Å². The van der Waals surface area contributed by atoms with Gasteiger partial charge in [0.25, 0.3) is 0 Å². The van der Waals surface area contributed by atoms with Gasteiger partial charge in [0.15, 0.2) is 5.82 Å². The van der Waals surface area contributed by atoms with Crippen molar-refractivity contribution in [3.05, 3.63) is 72.1 Å². The molecular weight excluding hydrogens is 500 g/mol. The third kappa shape index (κ3) is 9.89. The normalized spacial score (nSPS) is 12.5. The lowest BCUT2D eigenvalue weighted by Gasteiger charge is -2.13. The van der Waals surface area contributed by atoms with E-state index >= 15 is 0 Å². The van der Waals surface area contributed by atoms with Crippen LogP contribution in [-0.4, -0.2) is 34.1 Å². The van der Waals surface area contributed by atoms with E-state index in [0.717, 1.165) is 42.4 Å². The summed E-state index contributed by atoms with van der Waals surface area (Å²) in [7, 11) is 0. The second-order valence-corrected chi connectivity index (χ2v) is 10.6. The first kappa shape index (κ1) is 31.0. The molecule has 0 radical (unpaired) electrons. The standard InChI is InChI=1S/C34H44N2O4/c1-5-7-9-11-13-25(3)39-33(37)29-19-15-27(16-20-29)31-23-35-32(36-24-31)28-17-21-30(22-18-28)34(38)40-26(4)14-12-10-8-6-2/h15-26H,5-14H2,1-4H3. The lowest BCUT2D eigenvalue weighted by Crippen LogP contribution is -2.15. The third-order valence-corrected chi connectivity index (χ3v) is 7.03. The maximum atomic E-state index is 12.5. The van der Waals surface area contributed by atoms with Crippen molar-refractivity contribution in [1.82, 2.24) is 9.97 Å². The number of rotatable bonds is 16. The number of aromatic nitrogens is 2. The number of nitrogens with zero attached hydrogens (tertiary/aromatic N) is 2. The van der Waals surface area contributed by atoms with Gasteiger partial charge in [-0.05, 0) is 69.4 Å². The molecule has 3 aromatic rings. The molecule has 0 fully saturated rings. The number of carbonyl (C=O) groups excluding carboxylic acids is 2. The summed E-state index contributed by atoms with van der Waals surface area (Å²) in [6.07, 6.45) is 14.4. The van der Waals surface area contributed by atoms with Crippen molar-refractivity contribution < 1.29 is 19.1 Å². The quantitative estimate of drug-likeness (QED) is 0.132. The van der Waals surface area contributed by atoms with Gasteiger partial charge in [-0.1, -0.05) is 76.6 Å². The van der Waals surface area contributed by atoms with Gasteiger partial charge in [-0.2, -0.15) is 0 Å². The Morgan fingerprint density at radius 2 is 1.02 bits per heavy atom. The predicted molar refractivity (Wildman–Crippen MR) is 160 cm³/mol. The molecule has 6 heteroatoms. The Labute approximate surface area is 239 Å². The molecule has 2 aromatic carbocycles. The molecular formula is C34H44N2O4. The lowest BCUT2D eigenvalue weighted by molar-refractivity contribution is 0.0309. The highest BCUT2D eigenvalue weighted by molar-refractivity contribution is 5.90. The number of unbranched alkanes of at least 4 members (excludes halogenated alkanes) is 6. The van der Waals surface area contributed by atoms with Crippen LogP contribution < -0.4 is 0 Å². The molecule has 2 unspecified atom stereocenters. The second kappa shape index (κ2) is 16.5. The summed E-state index contributed by atoms with van der Waals surface area (Å²) in [5, 5.41) is 0. The Balaban J connectivity index is 1.53. The molecule has 214 valence electrons. The Kier molecular flexibility index (Phi) is 12.8. The maximum Gasteiger partial charge on any atom is 0.338 e. The zero-order valence-electron chi connectivity index (χ0n) is 24.5. The molecule has 1 aromatic heterocycles. The van der Waals surface area contributed by atoms with Gasteiger partial charge >= 0.3 is 11.9 Å². The molecule has 6 nitrogen and oxygen atoms in total. The molecule has 1 heterocycles. The summed E-state index contributed by atoms with van der Waals surface area (Å²) >= 11 is 0. The van der Waals surface area contributed by atoms with Crippen molar-refractivity contribution in [3.8, 4) is 22.5 Å². The van der Waals surface area contributed by atoms with Crippen LogP contribution in [0.25, 0.3) is 22.5 Å². The first-order valence-corrected chi connectivity index (χ1v) is 14.9. The summed E-state index contributed by atoms with van der Waals surface area (Å²) < 4.78 is 11.2. The molecule has 0 N–H and O–H groups in total. The molecule has 0 saturated heterocycles. The Bertz CT molecular complexity index is 1080. The van der Waals surface area contributed by atoms with E-state index in [2.05, 4.69) is 23.8 Å². The van der Waals surface area contributed by atoms with E-state index in [-0.39, 0.29) is 24.1 Å². The largest absolute Gasteiger partial charge is 0.459 e. The molecule has 2 atom stereocenters. The number of esters is 2. The van der Waals surface area contributed by atoms with E-state index in [1.807, 2.05) is 38.1 Å². The lowest BCUT2D eigenvalue weighted by atomic mass is 10.1. The first-order chi connectivity index (χ1) is 19.4. The number of carbonyl (C=O) groups is 2. The van der Waals surface area contributed by atoms with Crippen LogP contribution in [0.5, 0.6) is 0 Å². The monoisotopic (exact) mass is 544 g/mol. The van der Waals surface area contributed by atoms with Crippen LogP contribution in [0.4, 0.5) is 0 Å². The molecule has 0 saturated carbocycles. The van der Waals surface area contributed by atoms with Gasteiger partial charge < -0.3 is 9.47 Å². The van der Waals surface area contributed by atoms with Crippen LogP contribution in [0.3, 0.4) is 0 Å². The van der Waals surface area contributed by atoms with E-state index in [4.69, 9.17) is 9.47 Å². The number of benzene rings is 2. The van der Waals surface area contributed by atoms with Crippen LogP contribution in [0.1, 0.15) is 113 Å². The smallest absolute Gasteiger partial charge is 0.338 e. The average Bonchev–Trinajstić information content (AvgIpc) is 2.98. The first-order valence-electron chi connectivity index (χ1n) is 14.9. The second-order valence-electron chi connectivity index (χ2n) is 10.6. The zero-order valence-corrected chi connectivity index (χ0v) is 24.5. The van der Waals surface area contributed by atoms with E-state index < -0.39 is 0 Å². The van der Waals surface area contributed by atoms with Gasteiger partial charge in [0.05, 0.1) is 23.3 Å². The fourth-order valence-electron chi connectivity index (χ4n) is 4.52. The molecule has 0 aliphatic heterocycles. The van der Waals surface area contributed by atoms with Crippen molar-refractivity contribution in [2.45, 2.75) is 104 Å². The topological polar surface area (TPSA) is 78.4 Å². The minimum absolute atomic E-state index is 0.0893. The van der Waals surface area contributed by atoms with E-state index in [0.29, 0.717) is 17.0 Å². The van der Waals surface area contributed by atoms with Crippen LogP contribution in [0.2, 0.25) is 0 Å². The SMILES string of the molecule is CCCCCCC(C)OC(=O)c1ccc(-c2cnc(-c3ccc(C(=O)OC(C)CCCCCC)cc3)nc2)cc1. The molecule has 3 rings (SSSR count). The number of hydrogen-bond donors (Lipinski definition) is 0. The number of hydrogen-bond acceptors (Lipinski definition) is 6. The Morgan fingerprint density at radius 1 is 0.600 bits per heavy atom. The summed E-state index contributed by atoms with van der Waals surface area (Å²) in [6, 6.07) is 14.5. The summed E-state index contributed by atoms with van der Waals surface area (Å²) in [6.45, 7) is 8.27. The predicted octanol–water partition coefficient (Wildman–Crippen LogP) is 8.84. The van der Waals surface area contributed by atoms with Crippen molar-refractivity contribution in [3.63, 3.8) is 0 Å². The highest BCUT2D eigenvalue weighted by Crippen LogP contribution is 2.22. The molecule has 0 spiro atoms. The van der Waals surface area contributed by atoms with E-state index in [1.54, 1.807) is 36.7 Å². The van der Waals surface area contributed by atoms with E-state index in [1.165, 1.54) is 38.5 Å². The van der Waals surface area contributed by atoms with Crippen LogP contribution in [0, 0.1) is 0 Å². The maximum absolute atomic E-state index is 12.5. The molecule has 0 aliphatic rings. The summed E-state index contributed by atoms with van der Waals surface area (Å²) in [5.74, 6) is -0.0319. The molecule has 0 amide bonds. The van der Waals surface area contributed by atoms with Crippen molar-refractivity contribution in [2.24, 2.45) is 0 Å². The van der Waals surface area contributed by atoms with Gasteiger partial charge in [-0.3, -0.25) is 0 Å². The molecule has 40 heavy (non-hydrogen) atoms. The van der Waals surface area contributed by atoms with E-state index in [9.17, 15) is 9.59 Å². The third-order valence-electron chi connectivity index (χ3n) is 7.03. The summed E-state index contributed by atoms with van der Waals surface area (Å²) in [4.78, 5) is 34.0. The fraction of sp³-hybridized carbons (Fsp3) is 0.471. The highest BCUT2D eigenvalue weighted by atomic mass is 16.5.